The van der Waals surface area contributed by atoms with Crippen LogP contribution < -0.4 is 0 Å². The third kappa shape index (κ3) is 5.39. The van der Waals surface area contributed by atoms with Gasteiger partial charge in [-0.1, -0.05) is 42.1 Å². The fourth-order valence-electron chi connectivity index (χ4n) is 2.15. The molecule has 1 aromatic heterocycles. The van der Waals surface area contributed by atoms with E-state index in [2.05, 4.69) is 29.3 Å². The number of benzene rings is 1. The van der Waals surface area contributed by atoms with Crippen LogP contribution in [0.3, 0.4) is 0 Å². The summed E-state index contributed by atoms with van der Waals surface area (Å²) >= 11 is 1.37. The molecule has 0 saturated heterocycles. The van der Waals surface area contributed by atoms with Gasteiger partial charge in [0.1, 0.15) is 11.4 Å². The number of ether oxygens (including phenoxy) is 1. The minimum absolute atomic E-state index is 0.237. The van der Waals surface area contributed by atoms with Crippen LogP contribution in [0.5, 0.6) is 0 Å². The number of carbonyl (C=O) groups is 1. The number of carbonyl (C=O) groups excluding carboxylic acids is 1. The Morgan fingerprint density at radius 1 is 1.22 bits per heavy atom. The molecule has 0 N–H and O–H groups in total. The number of rotatable bonds is 6. The molecular formula is C17H23N3O2S. The lowest BCUT2D eigenvalue weighted by atomic mass is 10.1. The SMILES string of the molecule is CCn1c(Cc2ccccc2)nnc1SCC(=O)OC(C)(C)C. The van der Waals surface area contributed by atoms with E-state index in [4.69, 9.17) is 4.74 Å². The summed E-state index contributed by atoms with van der Waals surface area (Å²) in [5.41, 5.74) is 0.729. The van der Waals surface area contributed by atoms with Crippen molar-refractivity contribution in [2.75, 3.05) is 5.75 Å². The average Bonchev–Trinajstić information content (AvgIpc) is 2.86. The number of hydrogen-bond donors (Lipinski definition) is 0. The van der Waals surface area contributed by atoms with Crippen molar-refractivity contribution in [3.63, 3.8) is 0 Å². The molecule has 0 atom stereocenters. The number of thioether (sulfide) groups is 1. The van der Waals surface area contributed by atoms with Gasteiger partial charge < -0.3 is 9.30 Å². The van der Waals surface area contributed by atoms with Crippen LogP contribution in [0, 0.1) is 0 Å². The maximum absolute atomic E-state index is 11.8. The highest BCUT2D eigenvalue weighted by molar-refractivity contribution is 7.99. The van der Waals surface area contributed by atoms with E-state index in [0.29, 0.717) is 0 Å². The Morgan fingerprint density at radius 2 is 1.91 bits per heavy atom. The lowest BCUT2D eigenvalue weighted by Gasteiger charge is -2.19. The molecule has 0 aliphatic rings. The highest BCUT2D eigenvalue weighted by Crippen LogP contribution is 2.20. The molecule has 0 aliphatic heterocycles. The summed E-state index contributed by atoms with van der Waals surface area (Å²) in [4.78, 5) is 11.8. The summed E-state index contributed by atoms with van der Waals surface area (Å²) in [5, 5.41) is 9.25. The van der Waals surface area contributed by atoms with Crippen molar-refractivity contribution in [2.24, 2.45) is 0 Å². The summed E-state index contributed by atoms with van der Waals surface area (Å²) in [5.74, 6) is 0.906. The van der Waals surface area contributed by atoms with E-state index >= 15 is 0 Å². The number of nitrogens with zero attached hydrogens (tertiary/aromatic N) is 3. The normalized spacial score (nSPS) is 11.5. The van der Waals surface area contributed by atoms with Gasteiger partial charge in [0.2, 0.25) is 0 Å². The molecule has 0 aliphatic carbocycles. The Labute approximate surface area is 141 Å². The van der Waals surface area contributed by atoms with Crippen LogP contribution in [0.2, 0.25) is 0 Å². The van der Waals surface area contributed by atoms with Crippen molar-refractivity contribution in [3.05, 3.63) is 41.7 Å². The van der Waals surface area contributed by atoms with E-state index in [9.17, 15) is 4.79 Å². The van der Waals surface area contributed by atoms with Gasteiger partial charge in [-0.3, -0.25) is 4.79 Å². The average molecular weight is 333 g/mol. The lowest BCUT2D eigenvalue weighted by Crippen LogP contribution is -2.25. The third-order valence-electron chi connectivity index (χ3n) is 3.05. The summed E-state index contributed by atoms with van der Waals surface area (Å²) in [6, 6.07) is 10.2. The Bertz CT molecular complexity index is 648. The molecule has 0 spiro atoms. The highest BCUT2D eigenvalue weighted by Gasteiger charge is 2.18. The van der Waals surface area contributed by atoms with Gasteiger partial charge in [0.25, 0.3) is 0 Å². The summed E-state index contributed by atoms with van der Waals surface area (Å²) in [6.45, 7) is 8.41. The predicted molar refractivity (Wildman–Crippen MR) is 91.5 cm³/mol. The third-order valence-corrected chi connectivity index (χ3v) is 3.99. The predicted octanol–water partition coefficient (Wildman–Crippen LogP) is 3.32. The van der Waals surface area contributed by atoms with Crippen LogP contribution in [0.1, 0.15) is 39.1 Å². The first kappa shape index (κ1) is 17.5. The van der Waals surface area contributed by atoms with Crippen molar-refractivity contribution >= 4 is 17.7 Å². The van der Waals surface area contributed by atoms with Crippen LogP contribution in [-0.4, -0.2) is 32.1 Å². The minimum Gasteiger partial charge on any atom is -0.459 e. The highest BCUT2D eigenvalue weighted by atomic mass is 32.2. The zero-order chi connectivity index (χ0) is 16.9. The van der Waals surface area contributed by atoms with Crippen molar-refractivity contribution in [1.29, 1.82) is 0 Å². The number of aromatic nitrogens is 3. The Kier molecular flexibility index (Phi) is 5.82. The smallest absolute Gasteiger partial charge is 0.316 e. The maximum atomic E-state index is 11.8. The van der Waals surface area contributed by atoms with Crippen LogP contribution in [0.4, 0.5) is 0 Å². The molecule has 5 nitrogen and oxygen atoms in total. The van der Waals surface area contributed by atoms with Gasteiger partial charge in [-0.05, 0) is 33.3 Å². The van der Waals surface area contributed by atoms with Gasteiger partial charge in [-0.2, -0.15) is 0 Å². The molecule has 0 radical (unpaired) electrons. The summed E-state index contributed by atoms with van der Waals surface area (Å²) < 4.78 is 7.36. The van der Waals surface area contributed by atoms with Gasteiger partial charge in [-0.25, -0.2) is 0 Å². The van der Waals surface area contributed by atoms with Gasteiger partial charge in [0, 0.05) is 13.0 Å². The fourth-order valence-corrected chi connectivity index (χ4v) is 2.94. The molecule has 0 fully saturated rings. The summed E-state index contributed by atoms with van der Waals surface area (Å²) in [6.07, 6.45) is 0.731. The van der Waals surface area contributed by atoms with E-state index < -0.39 is 5.60 Å². The van der Waals surface area contributed by atoms with Crippen molar-refractivity contribution < 1.29 is 9.53 Å². The van der Waals surface area contributed by atoms with Gasteiger partial charge in [0.15, 0.2) is 5.16 Å². The molecule has 2 aromatic rings. The first-order valence-electron chi connectivity index (χ1n) is 7.69. The van der Waals surface area contributed by atoms with E-state index in [1.54, 1.807) is 0 Å². The molecule has 2 rings (SSSR count). The molecule has 0 unspecified atom stereocenters. The zero-order valence-electron chi connectivity index (χ0n) is 14.1. The van der Waals surface area contributed by atoms with E-state index in [1.165, 1.54) is 17.3 Å². The second-order valence-electron chi connectivity index (χ2n) is 6.18. The number of hydrogen-bond acceptors (Lipinski definition) is 5. The van der Waals surface area contributed by atoms with Crippen molar-refractivity contribution in [2.45, 2.75) is 51.4 Å². The van der Waals surface area contributed by atoms with Crippen molar-refractivity contribution in [1.82, 2.24) is 14.8 Å². The number of esters is 1. The van der Waals surface area contributed by atoms with Crippen LogP contribution in [0.15, 0.2) is 35.5 Å². The molecule has 0 saturated carbocycles. The van der Waals surface area contributed by atoms with Gasteiger partial charge in [-0.15, -0.1) is 10.2 Å². The Balaban J connectivity index is 2.02. The van der Waals surface area contributed by atoms with Crippen molar-refractivity contribution in [3.8, 4) is 0 Å². The first-order valence-corrected chi connectivity index (χ1v) is 8.68. The standard InChI is InChI=1S/C17H23N3O2S/c1-5-20-14(11-13-9-7-6-8-10-13)18-19-16(20)23-12-15(21)22-17(2,3)4/h6-10H,5,11-12H2,1-4H3. The lowest BCUT2D eigenvalue weighted by molar-refractivity contribution is -0.151. The molecule has 124 valence electrons. The van der Waals surface area contributed by atoms with Crippen LogP contribution in [0.25, 0.3) is 0 Å². The monoisotopic (exact) mass is 333 g/mol. The second-order valence-corrected chi connectivity index (χ2v) is 7.12. The molecule has 1 heterocycles. The molecule has 1 aromatic carbocycles. The fraction of sp³-hybridized carbons (Fsp3) is 0.471. The topological polar surface area (TPSA) is 57.0 Å². The van der Waals surface area contributed by atoms with Crippen LogP contribution >= 0.6 is 11.8 Å². The molecule has 0 bridgehead atoms. The minimum atomic E-state index is -0.464. The Hall–Kier alpha value is -1.82. The molecule has 0 amide bonds. The largest absolute Gasteiger partial charge is 0.459 e. The Morgan fingerprint density at radius 3 is 2.52 bits per heavy atom. The first-order chi connectivity index (χ1) is 10.9. The van der Waals surface area contributed by atoms with Gasteiger partial charge >= 0.3 is 5.97 Å². The summed E-state index contributed by atoms with van der Waals surface area (Å²) in [7, 11) is 0. The van der Waals surface area contributed by atoms with Gasteiger partial charge in [0.05, 0.1) is 5.75 Å². The molecule has 23 heavy (non-hydrogen) atoms. The van der Waals surface area contributed by atoms with E-state index in [-0.39, 0.29) is 11.7 Å². The second kappa shape index (κ2) is 7.64. The molecular weight excluding hydrogens is 310 g/mol. The van der Waals surface area contributed by atoms with E-state index in [1.807, 2.05) is 43.5 Å². The molecule has 6 heteroatoms. The van der Waals surface area contributed by atoms with E-state index in [0.717, 1.165) is 23.9 Å². The maximum Gasteiger partial charge on any atom is 0.316 e. The zero-order valence-corrected chi connectivity index (χ0v) is 14.9. The quantitative estimate of drug-likeness (QED) is 0.599. The van der Waals surface area contributed by atoms with Crippen LogP contribution in [-0.2, 0) is 22.5 Å².